The number of carbonyl (C=O) groups excluding carboxylic acids is 2. The average molecular weight is 332 g/mol. The number of amides is 2. The molecule has 2 rings (SSSR count). The molecular weight excluding hydrogens is 308 g/mol. The van der Waals surface area contributed by atoms with Crippen LogP contribution in [0.3, 0.4) is 0 Å². The first-order valence-electron chi connectivity index (χ1n) is 7.80. The van der Waals surface area contributed by atoms with Gasteiger partial charge in [0.1, 0.15) is 11.2 Å². The van der Waals surface area contributed by atoms with Crippen molar-refractivity contribution in [3.05, 3.63) is 30.5 Å². The molecule has 0 saturated heterocycles. The van der Waals surface area contributed by atoms with E-state index in [-0.39, 0.29) is 0 Å². The topological polar surface area (TPSA) is 71.6 Å². The number of carbonyl (C=O) groups is 2. The largest absolute Gasteiger partial charge is 0.443 e. The van der Waals surface area contributed by atoms with Gasteiger partial charge in [-0.25, -0.2) is 9.59 Å². The maximum absolute atomic E-state index is 12.6. The lowest BCUT2D eigenvalue weighted by atomic mass is 10.2. The Bertz CT molecular complexity index is 722. The molecule has 0 unspecified atom stereocenters. The number of nitrogens with zero attached hydrogens (tertiary/aromatic N) is 1. The smallest absolute Gasteiger partial charge is 0.424 e. The van der Waals surface area contributed by atoms with Crippen molar-refractivity contribution in [1.29, 1.82) is 0 Å². The van der Waals surface area contributed by atoms with E-state index in [0.29, 0.717) is 5.69 Å². The molecule has 1 heterocycles. The molecule has 0 atom stereocenters. The molecule has 0 spiro atoms. The summed E-state index contributed by atoms with van der Waals surface area (Å²) >= 11 is 0. The lowest BCUT2D eigenvalue weighted by molar-refractivity contribution is 0.0431. The molecule has 0 fully saturated rings. The predicted molar refractivity (Wildman–Crippen MR) is 93.2 cm³/mol. The quantitative estimate of drug-likeness (QED) is 0.810. The molecule has 0 saturated carbocycles. The summed E-state index contributed by atoms with van der Waals surface area (Å²) in [5.41, 5.74) is -0.258. The van der Waals surface area contributed by atoms with Crippen molar-refractivity contribution in [2.24, 2.45) is 0 Å². The van der Waals surface area contributed by atoms with E-state index < -0.39 is 23.4 Å². The van der Waals surface area contributed by atoms with E-state index in [4.69, 9.17) is 9.47 Å². The van der Waals surface area contributed by atoms with Gasteiger partial charge in [-0.2, -0.15) is 4.90 Å². The maximum atomic E-state index is 12.6. The Hall–Kier alpha value is -2.50. The Morgan fingerprint density at radius 3 is 1.92 bits per heavy atom. The number of anilines is 1. The van der Waals surface area contributed by atoms with Crippen molar-refractivity contribution in [3.8, 4) is 0 Å². The minimum atomic E-state index is -0.776. The van der Waals surface area contributed by atoms with Crippen molar-refractivity contribution >= 4 is 28.8 Å². The average Bonchev–Trinajstić information content (AvgIpc) is 2.79. The second-order valence-corrected chi connectivity index (χ2v) is 7.52. The molecule has 1 aromatic carbocycles. The van der Waals surface area contributed by atoms with Crippen molar-refractivity contribution < 1.29 is 19.1 Å². The van der Waals surface area contributed by atoms with E-state index in [9.17, 15) is 9.59 Å². The van der Waals surface area contributed by atoms with Crippen molar-refractivity contribution in [2.45, 2.75) is 52.7 Å². The molecule has 1 N–H and O–H groups in total. The van der Waals surface area contributed by atoms with E-state index in [1.54, 1.807) is 47.7 Å². The Morgan fingerprint density at radius 1 is 0.917 bits per heavy atom. The summed E-state index contributed by atoms with van der Waals surface area (Å²) in [6, 6.07) is 7.39. The van der Waals surface area contributed by atoms with Crippen LogP contribution in [0.15, 0.2) is 30.5 Å². The number of para-hydroxylation sites is 1. The molecule has 2 aromatic rings. The minimum absolute atomic E-state index is 0.397. The third-order valence-corrected chi connectivity index (χ3v) is 2.96. The minimum Gasteiger partial charge on any atom is -0.443 e. The lowest BCUT2D eigenvalue weighted by Gasteiger charge is -2.28. The molecule has 1 aromatic heterocycles. The van der Waals surface area contributed by atoms with E-state index in [1.807, 2.05) is 24.3 Å². The normalized spacial score (nSPS) is 12.1. The van der Waals surface area contributed by atoms with Gasteiger partial charge >= 0.3 is 12.2 Å². The summed E-state index contributed by atoms with van der Waals surface area (Å²) in [5.74, 6) is 0. The van der Waals surface area contributed by atoms with Gasteiger partial charge in [0.05, 0.1) is 5.69 Å². The number of aromatic amines is 1. The second kappa shape index (κ2) is 6.19. The van der Waals surface area contributed by atoms with Gasteiger partial charge in [-0.3, -0.25) is 0 Å². The number of imide groups is 1. The van der Waals surface area contributed by atoms with Gasteiger partial charge in [0.2, 0.25) is 0 Å². The molecule has 0 radical (unpaired) electrons. The Kier molecular flexibility index (Phi) is 4.60. The summed E-state index contributed by atoms with van der Waals surface area (Å²) in [6.07, 6.45) is 0.0430. The molecule has 130 valence electrons. The Morgan fingerprint density at radius 2 is 1.42 bits per heavy atom. The first-order chi connectivity index (χ1) is 11.0. The molecule has 0 aliphatic rings. The van der Waals surface area contributed by atoms with E-state index >= 15 is 0 Å². The SMILES string of the molecule is CC(C)(C)OC(=O)N(C(=O)OC(C)(C)C)c1c[nH]c2ccccc12. The van der Waals surface area contributed by atoms with Crippen LogP contribution in [0.4, 0.5) is 15.3 Å². The summed E-state index contributed by atoms with van der Waals surface area (Å²) in [5, 5.41) is 0.731. The molecular formula is C18H24N2O4. The van der Waals surface area contributed by atoms with Gasteiger partial charge in [-0.15, -0.1) is 0 Å². The molecule has 0 aliphatic heterocycles. The summed E-state index contributed by atoms with van der Waals surface area (Å²) < 4.78 is 10.8. The summed E-state index contributed by atoms with van der Waals surface area (Å²) in [7, 11) is 0. The number of aromatic nitrogens is 1. The highest BCUT2D eigenvalue weighted by molar-refractivity contribution is 6.14. The number of ether oxygens (including phenoxy) is 2. The zero-order valence-corrected chi connectivity index (χ0v) is 15.0. The highest BCUT2D eigenvalue weighted by Gasteiger charge is 2.33. The van der Waals surface area contributed by atoms with Gasteiger partial charge in [0.15, 0.2) is 0 Å². The maximum Gasteiger partial charge on any atom is 0.424 e. The third kappa shape index (κ3) is 4.28. The highest BCUT2D eigenvalue weighted by atomic mass is 16.6. The number of nitrogens with one attached hydrogen (secondary N) is 1. The van der Waals surface area contributed by atoms with E-state index in [0.717, 1.165) is 15.8 Å². The zero-order chi connectivity index (χ0) is 18.1. The Balaban J connectivity index is 2.46. The van der Waals surface area contributed by atoms with Gasteiger partial charge in [0, 0.05) is 17.1 Å². The van der Waals surface area contributed by atoms with Crippen LogP contribution in [0.1, 0.15) is 41.5 Å². The van der Waals surface area contributed by atoms with Crippen molar-refractivity contribution in [3.63, 3.8) is 0 Å². The fraction of sp³-hybridized carbons (Fsp3) is 0.444. The van der Waals surface area contributed by atoms with Crippen LogP contribution < -0.4 is 4.90 Å². The Labute approximate surface area is 141 Å². The number of fused-ring (bicyclic) bond motifs is 1. The van der Waals surface area contributed by atoms with E-state index in [2.05, 4.69) is 4.98 Å². The fourth-order valence-corrected chi connectivity index (χ4v) is 2.13. The van der Waals surface area contributed by atoms with Gasteiger partial charge < -0.3 is 14.5 Å². The van der Waals surface area contributed by atoms with Gasteiger partial charge in [-0.05, 0) is 47.6 Å². The summed E-state index contributed by atoms with van der Waals surface area (Å²) in [6.45, 7) is 10.5. The zero-order valence-electron chi connectivity index (χ0n) is 15.0. The van der Waals surface area contributed by atoms with Crippen LogP contribution in [-0.4, -0.2) is 28.4 Å². The van der Waals surface area contributed by atoms with Crippen LogP contribution in [0.5, 0.6) is 0 Å². The van der Waals surface area contributed by atoms with Crippen LogP contribution in [0.2, 0.25) is 0 Å². The molecule has 0 aliphatic carbocycles. The first kappa shape index (κ1) is 17.8. The number of benzene rings is 1. The van der Waals surface area contributed by atoms with Crippen molar-refractivity contribution in [2.75, 3.05) is 4.90 Å². The standard InChI is InChI=1S/C18H24N2O4/c1-17(2,3)23-15(21)20(16(22)24-18(4,5)6)14-11-19-13-10-8-7-9-12(13)14/h7-11,19H,1-6H3. The number of H-pyrrole nitrogens is 1. The van der Waals surface area contributed by atoms with Crippen LogP contribution in [-0.2, 0) is 9.47 Å². The molecule has 24 heavy (non-hydrogen) atoms. The lowest BCUT2D eigenvalue weighted by Crippen LogP contribution is -2.43. The van der Waals surface area contributed by atoms with Crippen molar-refractivity contribution in [1.82, 2.24) is 4.98 Å². The van der Waals surface area contributed by atoms with E-state index in [1.165, 1.54) is 0 Å². The third-order valence-electron chi connectivity index (χ3n) is 2.96. The number of hydrogen-bond donors (Lipinski definition) is 1. The predicted octanol–water partition coefficient (Wildman–Crippen LogP) is 4.84. The summed E-state index contributed by atoms with van der Waals surface area (Å²) in [4.78, 5) is 29.2. The van der Waals surface area contributed by atoms with Gasteiger partial charge in [-0.1, -0.05) is 18.2 Å². The van der Waals surface area contributed by atoms with Crippen LogP contribution >= 0.6 is 0 Å². The number of rotatable bonds is 1. The fourth-order valence-electron chi connectivity index (χ4n) is 2.13. The number of hydrogen-bond acceptors (Lipinski definition) is 4. The monoisotopic (exact) mass is 332 g/mol. The molecule has 6 heteroatoms. The van der Waals surface area contributed by atoms with Crippen LogP contribution in [0, 0.1) is 0 Å². The molecule has 0 bridgehead atoms. The molecule has 2 amide bonds. The second-order valence-electron chi connectivity index (χ2n) is 7.52. The highest BCUT2D eigenvalue weighted by Crippen LogP contribution is 2.29. The van der Waals surface area contributed by atoms with Gasteiger partial charge in [0.25, 0.3) is 0 Å². The van der Waals surface area contributed by atoms with Crippen LogP contribution in [0.25, 0.3) is 10.9 Å². The first-order valence-corrected chi connectivity index (χ1v) is 7.80. The molecule has 6 nitrogen and oxygen atoms in total.